The number of aliphatic carboxylic acids is 1. The minimum absolute atomic E-state index is 0.110. The smallest absolute Gasteiger partial charge is 0.332 e. The summed E-state index contributed by atoms with van der Waals surface area (Å²) < 4.78 is 5.44. The SMILES string of the molecule is CC(C)C1CC(=O)N(CC2CCC(C(=O)O)O2)C1. The van der Waals surface area contributed by atoms with Gasteiger partial charge in [0.05, 0.1) is 6.10 Å². The van der Waals surface area contributed by atoms with Gasteiger partial charge in [0.1, 0.15) is 0 Å². The van der Waals surface area contributed by atoms with Crippen molar-refractivity contribution in [2.75, 3.05) is 13.1 Å². The van der Waals surface area contributed by atoms with Crippen molar-refractivity contribution < 1.29 is 19.4 Å². The van der Waals surface area contributed by atoms with Crippen molar-refractivity contribution in [3.63, 3.8) is 0 Å². The zero-order chi connectivity index (χ0) is 13.3. The molecule has 2 heterocycles. The molecule has 0 aromatic rings. The molecule has 18 heavy (non-hydrogen) atoms. The molecule has 2 saturated heterocycles. The van der Waals surface area contributed by atoms with E-state index in [-0.39, 0.29) is 12.0 Å². The molecule has 2 aliphatic heterocycles. The molecule has 2 fully saturated rings. The maximum atomic E-state index is 11.8. The molecule has 1 amide bonds. The molecule has 0 bridgehead atoms. The van der Waals surface area contributed by atoms with Gasteiger partial charge in [-0.2, -0.15) is 0 Å². The van der Waals surface area contributed by atoms with Crippen LogP contribution in [0.15, 0.2) is 0 Å². The molecule has 0 aliphatic carbocycles. The van der Waals surface area contributed by atoms with Gasteiger partial charge >= 0.3 is 5.97 Å². The number of ether oxygens (including phenoxy) is 1. The van der Waals surface area contributed by atoms with Crippen molar-refractivity contribution in [3.05, 3.63) is 0 Å². The van der Waals surface area contributed by atoms with Crippen LogP contribution in [0.25, 0.3) is 0 Å². The van der Waals surface area contributed by atoms with E-state index in [1.54, 1.807) is 0 Å². The van der Waals surface area contributed by atoms with Gasteiger partial charge in [0, 0.05) is 19.5 Å². The molecule has 5 heteroatoms. The number of nitrogens with zero attached hydrogens (tertiary/aromatic N) is 1. The highest BCUT2D eigenvalue weighted by molar-refractivity contribution is 5.78. The fraction of sp³-hybridized carbons (Fsp3) is 0.846. The lowest BCUT2D eigenvalue weighted by atomic mass is 9.95. The van der Waals surface area contributed by atoms with Crippen LogP contribution in [0.3, 0.4) is 0 Å². The van der Waals surface area contributed by atoms with Gasteiger partial charge in [-0.3, -0.25) is 4.79 Å². The third-order valence-corrected chi connectivity index (χ3v) is 3.99. The molecule has 3 atom stereocenters. The van der Waals surface area contributed by atoms with Gasteiger partial charge < -0.3 is 14.7 Å². The molecule has 0 aromatic carbocycles. The van der Waals surface area contributed by atoms with Gasteiger partial charge in [0.2, 0.25) is 5.91 Å². The standard InChI is InChI=1S/C13H21NO4/c1-8(2)9-5-12(15)14(6-9)7-10-3-4-11(18-10)13(16)17/h8-11H,3-7H2,1-2H3,(H,16,17). The van der Waals surface area contributed by atoms with Crippen LogP contribution in [-0.4, -0.2) is 47.2 Å². The summed E-state index contributed by atoms with van der Waals surface area (Å²) in [6.45, 7) is 5.60. The lowest BCUT2D eigenvalue weighted by molar-refractivity contribution is -0.149. The fourth-order valence-electron chi connectivity index (χ4n) is 2.69. The van der Waals surface area contributed by atoms with Crippen molar-refractivity contribution in [2.45, 2.75) is 45.3 Å². The van der Waals surface area contributed by atoms with Gasteiger partial charge in [-0.05, 0) is 24.7 Å². The summed E-state index contributed by atoms with van der Waals surface area (Å²) >= 11 is 0. The Kier molecular flexibility index (Phi) is 3.90. The van der Waals surface area contributed by atoms with Crippen LogP contribution in [0.5, 0.6) is 0 Å². The summed E-state index contributed by atoms with van der Waals surface area (Å²) in [6.07, 6.45) is 1.10. The maximum Gasteiger partial charge on any atom is 0.332 e. The molecular formula is C13H21NO4. The van der Waals surface area contributed by atoms with Gasteiger partial charge in [-0.25, -0.2) is 4.79 Å². The number of hydrogen-bond donors (Lipinski definition) is 1. The minimum atomic E-state index is -0.898. The summed E-state index contributed by atoms with van der Waals surface area (Å²) in [6, 6.07) is 0. The van der Waals surface area contributed by atoms with E-state index >= 15 is 0 Å². The Hall–Kier alpha value is -1.10. The van der Waals surface area contributed by atoms with E-state index in [9.17, 15) is 9.59 Å². The van der Waals surface area contributed by atoms with Crippen molar-refractivity contribution in [1.82, 2.24) is 4.90 Å². The largest absolute Gasteiger partial charge is 0.479 e. The average molecular weight is 255 g/mol. The quantitative estimate of drug-likeness (QED) is 0.817. The molecule has 1 N–H and O–H groups in total. The number of rotatable bonds is 4. The van der Waals surface area contributed by atoms with Crippen LogP contribution in [0, 0.1) is 11.8 Å². The summed E-state index contributed by atoms with van der Waals surface area (Å²) in [5, 5.41) is 8.85. The Morgan fingerprint density at radius 2 is 2.22 bits per heavy atom. The molecule has 0 aromatic heterocycles. The van der Waals surface area contributed by atoms with Crippen LogP contribution in [0.2, 0.25) is 0 Å². The Morgan fingerprint density at radius 1 is 1.50 bits per heavy atom. The maximum absolute atomic E-state index is 11.8. The van der Waals surface area contributed by atoms with Crippen molar-refractivity contribution in [1.29, 1.82) is 0 Å². The Labute approximate surface area is 107 Å². The van der Waals surface area contributed by atoms with Crippen LogP contribution in [0.1, 0.15) is 33.1 Å². The highest BCUT2D eigenvalue weighted by Gasteiger charge is 2.36. The van der Waals surface area contributed by atoms with Crippen LogP contribution in [0.4, 0.5) is 0 Å². The third kappa shape index (κ3) is 2.83. The summed E-state index contributed by atoms with van der Waals surface area (Å²) in [5.74, 6) is 0.214. The van der Waals surface area contributed by atoms with E-state index in [2.05, 4.69) is 13.8 Å². The molecule has 2 rings (SSSR count). The second kappa shape index (κ2) is 5.26. The molecule has 5 nitrogen and oxygen atoms in total. The lowest BCUT2D eigenvalue weighted by Crippen LogP contribution is -2.34. The molecule has 2 aliphatic rings. The fourth-order valence-corrected chi connectivity index (χ4v) is 2.69. The van der Waals surface area contributed by atoms with E-state index in [1.807, 2.05) is 4.90 Å². The van der Waals surface area contributed by atoms with E-state index in [4.69, 9.17) is 9.84 Å². The van der Waals surface area contributed by atoms with E-state index in [0.29, 0.717) is 31.2 Å². The van der Waals surface area contributed by atoms with E-state index < -0.39 is 12.1 Å². The number of hydrogen-bond acceptors (Lipinski definition) is 3. The minimum Gasteiger partial charge on any atom is -0.479 e. The number of amides is 1. The summed E-state index contributed by atoms with van der Waals surface area (Å²) in [5.41, 5.74) is 0. The molecule has 0 radical (unpaired) electrons. The summed E-state index contributed by atoms with van der Waals surface area (Å²) in [7, 11) is 0. The van der Waals surface area contributed by atoms with Gasteiger partial charge in [-0.1, -0.05) is 13.8 Å². The zero-order valence-corrected chi connectivity index (χ0v) is 11.0. The second-order valence-corrected chi connectivity index (χ2v) is 5.67. The highest BCUT2D eigenvalue weighted by Crippen LogP contribution is 2.27. The van der Waals surface area contributed by atoms with Crippen molar-refractivity contribution in [3.8, 4) is 0 Å². The first-order chi connectivity index (χ1) is 8.47. The highest BCUT2D eigenvalue weighted by atomic mass is 16.5. The Morgan fingerprint density at radius 3 is 2.72 bits per heavy atom. The number of carbonyl (C=O) groups is 2. The molecular weight excluding hydrogens is 234 g/mol. The topological polar surface area (TPSA) is 66.8 Å². The third-order valence-electron chi connectivity index (χ3n) is 3.99. The summed E-state index contributed by atoms with van der Waals surface area (Å²) in [4.78, 5) is 24.5. The first-order valence-corrected chi connectivity index (χ1v) is 6.63. The van der Waals surface area contributed by atoms with Crippen LogP contribution >= 0.6 is 0 Å². The average Bonchev–Trinajstić information content (AvgIpc) is 2.87. The number of carboxylic acid groups (broad SMARTS) is 1. The monoisotopic (exact) mass is 255 g/mol. The Balaban J connectivity index is 1.84. The van der Waals surface area contributed by atoms with E-state index in [1.165, 1.54) is 0 Å². The predicted octanol–water partition coefficient (Wildman–Crippen LogP) is 1.12. The molecule has 0 spiro atoms. The number of carbonyl (C=O) groups excluding carboxylic acids is 1. The molecule has 3 unspecified atom stereocenters. The van der Waals surface area contributed by atoms with Crippen molar-refractivity contribution in [2.24, 2.45) is 11.8 Å². The first-order valence-electron chi connectivity index (χ1n) is 6.63. The van der Waals surface area contributed by atoms with E-state index in [0.717, 1.165) is 13.0 Å². The van der Waals surface area contributed by atoms with Gasteiger partial charge in [0.25, 0.3) is 0 Å². The lowest BCUT2D eigenvalue weighted by Gasteiger charge is -2.21. The Bertz CT molecular complexity index is 342. The predicted molar refractivity (Wildman–Crippen MR) is 65.1 cm³/mol. The number of likely N-dealkylation sites (tertiary alicyclic amines) is 1. The number of carboxylic acids is 1. The van der Waals surface area contributed by atoms with Gasteiger partial charge in [-0.15, -0.1) is 0 Å². The second-order valence-electron chi connectivity index (χ2n) is 5.67. The van der Waals surface area contributed by atoms with Gasteiger partial charge in [0.15, 0.2) is 6.10 Å². The normalized spacial score (nSPS) is 32.5. The molecule has 0 saturated carbocycles. The first kappa shape index (κ1) is 13.3. The van der Waals surface area contributed by atoms with Crippen molar-refractivity contribution >= 4 is 11.9 Å². The zero-order valence-electron chi connectivity index (χ0n) is 11.0. The van der Waals surface area contributed by atoms with Crippen LogP contribution < -0.4 is 0 Å². The molecule has 102 valence electrons. The van der Waals surface area contributed by atoms with Crippen LogP contribution in [-0.2, 0) is 14.3 Å².